The normalized spacial score (nSPS) is 14.1. The van der Waals surface area contributed by atoms with Crippen LogP contribution in [0.1, 0.15) is 15.9 Å². The third-order valence-corrected chi connectivity index (χ3v) is 3.98. The lowest BCUT2D eigenvalue weighted by atomic mass is 9.90. The minimum Gasteiger partial charge on any atom is -0.488 e. The van der Waals surface area contributed by atoms with E-state index in [0.29, 0.717) is 0 Å². The molecule has 5 nitrogen and oxygen atoms in total. The zero-order valence-corrected chi connectivity index (χ0v) is 12.8. The molecule has 0 atom stereocenters. The Kier molecular flexibility index (Phi) is 4.46. The third kappa shape index (κ3) is 3.22. The molecular formula is C18H16FNO4. The van der Waals surface area contributed by atoms with Gasteiger partial charge in [0.05, 0.1) is 11.5 Å². The highest BCUT2D eigenvalue weighted by Gasteiger charge is 2.38. The maximum Gasteiger partial charge on any atom is 0.407 e. The van der Waals surface area contributed by atoms with Crippen LogP contribution in [0.25, 0.3) is 0 Å². The number of Topliss-reactive ketones (excluding diaryl/α,β-unsaturated/α-hetero) is 1. The Hall–Kier alpha value is -2.89. The van der Waals surface area contributed by atoms with Gasteiger partial charge < -0.3 is 14.7 Å². The molecule has 2 aromatic carbocycles. The van der Waals surface area contributed by atoms with Gasteiger partial charge in [-0.05, 0) is 17.7 Å². The van der Waals surface area contributed by atoms with Crippen LogP contribution in [-0.4, -0.2) is 35.0 Å². The SMILES string of the molecule is O=C(c1c(F)cccc1OCc1ccccc1)C1CN(C(=O)O)C1. The second-order valence-electron chi connectivity index (χ2n) is 5.64. The van der Waals surface area contributed by atoms with Gasteiger partial charge >= 0.3 is 6.09 Å². The first-order valence-corrected chi connectivity index (χ1v) is 7.53. The van der Waals surface area contributed by atoms with E-state index < -0.39 is 23.6 Å². The molecule has 2 aromatic rings. The van der Waals surface area contributed by atoms with E-state index in [9.17, 15) is 14.0 Å². The van der Waals surface area contributed by atoms with E-state index in [1.165, 1.54) is 12.1 Å². The van der Waals surface area contributed by atoms with E-state index >= 15 is 0 Å². The standard InChI is InChI=1S/C18H16FNO4/c19-14-7-4-8-15(24-11-12-5-2-1-3-6-12)16(14)17(21)13-9-20(10-13)18(22)23/h1-8,13H,9-11H2,(H,22,23). The van der Waals surface area contributed by atoms with Crippen molar-refractivity contribution in [1.29, 1.82) is 0 Å². The fourth-order valence-corrected chi connectivity index (χ4v) is 2.60. The number of hydrogen-bond acceptors (Lipinski definition) is 3. The summed E-state index contributed by atoms with van der Waals surface area (Å²) in [6.45, 7) is 0.387. The molecule has 0 aromatic heterocycles. The van der Waals surface area contributed by atoms with Gasteiger partial charge in [-0.2, -0.15) is 0 Å². The molecule has 1 N–H and O–H groups in total. The highest BCUT2D eigenvalue weighted by molar-refractivity contribution is 6.01. The van der Waals surface area contributed by atoms with Crippen molar-refractivity contribution < 1.29 is 23.8 Å². The Balaban J connectivity index is 1.75. The zero-order valence-electron chi connectivity index (χ0n) is 12.8. The van der Waals surface area contributed by atoms with Crippen LogP contribution < -0.4 is 4.74 Å². The van der Waals surface area contributed by atoms with E-state index in [2.05, 4.69) is 0 Å². The van der Waals surface area contributed by atoms with Crippen LogP contribution in [-0.2, 0) is 6.61 Å². The number of rotatable bonds is 5. The predicted molar refractivity (Wildman–Crippen MR) is 84.6 cm³/mol. The first-order valence-electron chi connectivity index (χ1n) is 7.53. The lowest BCUT2D eigenvalue weighted by Crippen LogP contribution is -2.52. The summed E-state index contributed by atoms with van der Waals surface area (Å²) in [5.74, 6) is -1.43. The monoisotopic (exact) mass is 329 g/mol. The molecule has 0 unspecified atom stereocenters. The van der Waals surface area contributed by atoms with E-state index in [1.54, 1.807) is 6.07 Å². The molecule has 0 aliphatic carbocycles. The molecule has 124 valence electrons. The number of hydrogen-bond donors (Lipinski definition) is 1. The number of carbonyl (C=O) groups is 2. The van der Waals surface area contributed by atoms with Crippen LogP contribution >= 0.6 is 0 Å². The van der Waals surface area contributed by atoms with Gasteiger partial charge in [0.15, 0.2) is 5.78 Å². The van der Waals surface area contributed by atoms with Crippen molar-refractivity contribution in [2.75, 3.05) is 13.1 Å². The fourth-order valence-electron chi connectivity index (χ4n) is 2.60. The zero-order chi connectivity index (χ0) is 17.1. The van der Waals surface area contributed by atoms with E-state index in [1.807, 2.05) is 30.3 Å². The summed E-state index contributed by atoms with van der Waals surface area (Å²) in [7, 11) is 0. The average Bonchev–Trinajstić information content (AvgIpc) is 2.52. The minimum atomic E-state index is -1.08. The largest absolute Gasteiger partial charge is 0.488 e. The Morgan fingerprint density at radius 2 is 1.83 bits per heavy atom. The molecule has 1 saturated heterocycles. The molecule has 3 rings (SSSR count). The summed E-state index contributed by atoms with van der Waals surface area (Å²) >= 11 is 0. The first-order chi connectivity index (χ1) is 11.6. The molecular weight excluding hydrogens is 313 g/mol. The molecule has 1 aliphatic rings. The van der Waals surface area contributed by atoms with Crippen molar-refractivity contribution in [3.63, 3.8) is 0 Å². The number of likely N-dealkylation sites (tertiary alicyclic amines) is 1. The predicted octanol–water partition coefficient (Wildman–Crippen LogP) is 3.20. The summed E-state index contributed by atoms with van der Waals surface area (Å²) < 4.78 is 19.8. The van der Waals surface area contributed by atoms with Gasteiger partial charge in [0.2, 0.25) is 0 Å². The molecule has 0 saturated carbocycles. The number of halogens is 1. The van der Waals surface area contributed by atoms with Crippen molar-refractivity contribution >= 4 is 11.9 Å². The summed E-state index contributed by atoms with van der Waals surface area (Å²) in [6.07, 6.45) is -1.08. The number of ketones is 1. The maximum atomic E-state index is 14.2. The van der Waals surface area contributed by atoms with Crippen molar-refractivity contribution in [1.82, 2.24) is 4.90 Å². The number of nitrogens with zero attached hydrogens (tertiary/aromatic N) is 1. The summed E-state index contributed by atoms with van der Waals surface area (Å²) in [4.78, 5) is 24.4. The van der Waals surface area contributed by atoms with Crippen molar-refractivity contribution in [2.24, 2.45) is 5.92 Å². The molecule has 6 heteroatoms. The van der Waals surface area contributed by atoms with Crippen LogP contribution in [0.2, 0.25) is 0 Å². The number of benzene rings is 2. The lowest BCUT2D eigenvalue weighted by molar-refractivity contribution is 0.0604. The summed E-state index contributed by atoms with van der Waals surface area (Å²) in [5, 5.41) is 8.84. The first kappa shape index (κ1) is 16.0. The van der Waals surface area contributed by atoms with Gasteiger partial charge in [-0.1, -0.05) is 36.4 Å². The van der Waals surface area contributed by atoms with Crippen LogP contribution in [0.15, 0.2) is 48.5 Å². The van der Waals surface area contributed by atoms with Crippen molar-refractivity contribution in [2.45, 2.75) is 6.61 Å². The second kappa shape index (κ2) is 6.70. The maximum absolute atomic E-state index is 14.2. The third-order valence-electron chi connectivity index (χ3n) is 3.98. The smallest absolute Gasteiger partial charge is 0.407 e. The fraction of sp³-hybridized carbons (Fsp3) is 0.222. The molecule has 1 amide bonds. The molecule has 0 spiro atoms. The number of carbonyl (C=O) groups excluding carboxylic acids is 1. The number of carboxylic acid groups (broad SMARTS) is 1. The Labute approximate surface area is 138 Å². The quantitative estimate of drug-likeness (QED) is 0.856. The summed E-state index contributed by atoms with van der Waals surface area (Å²) in [5.41, 5.74) is 0.796. The second-order valence-corrected chi connectivity index (χ2v) is 5.64. The highest BCUT2D eigenvalue weighted by atomic mass is 19.1. The molecule has 24 heavy (non-hydrogen) atoms. The Morgan fingerprint density at radius 1 is 1.12 bits per heavy atom. The topological polar surface area (TPSA) is 66.8 Å². The summed E-state index contributed by atoms with van der Waals surface area (Å²) in [6, 6.07) is 13.6. The van der Waals surface area contributed by atoms with Crippen LogP contribution in [0.5, 0.6) is 5.75 Å². The minimum absolute atomic E-state index is 0.0840. The van der Waals surface area contributed by atoms with Gasteiger partial charge in [-0.3, -0.25) is 4.79 Å². The van der Waals surface area contributed by atoms with Gasteiger partial charge in [0.25, 0.3) is 0 Å². The molecule has 0 bridgehead atoms. The van der Waals surface area contributed by atoms with Crippen molar-refractivity contribution in [3.05, 3.63) is 65.5 Å². The van der Waals surface area contributed by atoms with Crippen LogP contribution in [0.3, 0.4) is 0 Å². The average molecular weight is 329 g/mol. The number of amides is 1. The Bertz CT molecular complexity index is 757. The van der Waals surface area contributed by atoms with Gasteiger partial charge in [-0.15, -0.1) is 0 Å². The molecule has 1 aliphatic heterocycles. The molecule has 1 fully saturated rings. The van der Waals surface area contributed by atoms with Gasteiger partial charge in [0.1, 0.15) is 18.2 Å². The van der Waals surface area contributed by atoms with E-state index in [4.69, 9.17) is 9.84 Å². The number of ether oxygens (including phenoxy) is 1. The molecule has 1 heterocycles. The van der Waals surface area contributed by atoms with E-state index in [-0.39, 0.29) is 31.0 Å². The van der Waals surface area contributed by atoms with Gasteiger partial charge in [-0.25, -0.2) is 9.18 Å². The van der Waals surface area contributed by atoms with E-state index in [0.717, 1.165) is 10.5 Å². The van der Waals surface area contributed by atoms with Gasteiger partial charge in [0, 0.05) is 13.1 Å². The highest BCUT2D eigenvalue weighted by Crippen LogP contribution is 2.29. The van der Waals surface area contributed by atoms with Crippen LogP contribution in [0.4, 0.5) is 9.18 Å². The Morgan fingerprint density at radius 3 is 2.50 bits per heavy atom. The lowest BCUT2D eigenvalue weighted by Gasteiger charge is -2.36. The van der Waals surface area contributed by atoms with Crippen molar-refractivity contribution in [3.8, 4) is 5.75 Å². The van der Waals surface area contributed by atoms with Crippen LogP contribution in [0, 0.1) is 11.7 Å². The molecule has 0 radical (unpaired) electrons.